The van der Waals surface area contributed by atoms with Gasteiger partial charge in [-0.05, 0) is 42.0 Å². The van der Waals surface area contributed by atoms with Gasteiger partial charge in [-0.3, -0.25) is 4.79 Å². The van der Waals surface area contributed by atoms with E-state index in [1.807, 2.05) is 6.07 Å². The van der Waals surface area contributed by atoms with Crippen LogP contribution in [-0.4, -0.2) is 42.2 Å². The summed E-state index contributed by atoms with van der Waals surface area (Å²) in [4.78, 5) is 14.3. The summed E-state index contributed by atoms with van der Waals surface area (Å²) in [6.45, 7) is 1.71. The summed E-state index contributed by atoms with van der Waals surface area (Å²) in [6, 6.07) is 12.3. The first-order chi connectivity index (χ1) is 11.6. The summed E-state index contributed by atoms with van der Waals surface area (Å²) in [5, 5.41) is 12.5. The van der Waals surface area contributed by atoms with E-state index < -0.39 is 0 Å². The van der Waals surface area contributed by atoms with Gasteiger partial charge in [-0.1, -0.05) is 12.1 Å². The number of phenols is 1. The molecule has 1 aliphatic rings. The van der Waals surface area contributed by atoms with Gasteiger partial charge in [-0.2, -0.15) is 0 Å². The SMILES string of the molecule is O=C(COc1ccc(O)cc1)N1CCNCC1c1cccc(F)c1. The number of piperazine rings is 1. The largest absolute Gasteiger partial charge is 0.508 e. The standard InChI is InChI=1S/C18H19FN2O3/c19-14-3-1-2-13(10-14)17-11-20-8-9-21(17)18(23)12-24-16-6-4-15(22)5-7-16/h1-7,10,17,20,22H,8-9,11-12H2. The molecule has 0 saturated carbocycles. The first-order valence-corrected chi connectivity index (χ1v) is 7.81. The fraction of sp³-hybridized carbons (Fsp3) is 0.278. The lowest BCUT2D eigenvalue weighted by Gasteiger charge is -2.36. The molecule has 6 heteroatoms. The van der Waals surface area contributed by atoms with Crippen LogP contribution in [0.25, 0.3) is 0 Å². The summed E-state index contributed by atoms with van der Waals surface area (Å²) in [5.74, 6) is 0.185. The van der Waals surface area contributed by atoms with Crippen molar-refractivity contribution in [3.05, 3.63) is 59.9 Å². The van der Waals surface area contributed by atoms with E-state index in [1.165, 1.54) is 24.3 Å². The number of phenolic OH excluding ortho intramolecular Hbond substituents is 1. The third kappa shape index (κ3) is 3.83. The second-order valence-electron chi connectivity index (χ2n) is 5.64. The molecule has 1 aliphatic heterocycles. The third-order valence-corrected chi connectivity index (χ3v) is 4.00. The van der Waals surface area contributed by atoms with Crippen LogP contribution in [0.5, 0.6) is 11.5 Å². The molecule has 2 N–H and O–H groups in total. The number of amides is 1. The Morgan fingerprint density at radius 3 is 2.83 bits per heavy atom. The van der Waals surface area contributed by atoms with Gasteiger partial charge in [0.2, 0.25) is 0 Å². The second kappa shape index (κ2) is 7.31. The second-order valence-corrected chi connectivity index (χ2v) is 5.64. The van der Waals surface area contributed by atoms with Crippen LogP contribution in [0.15, 0.2) is 48.5 Å². The summed E-state index contributed by atoms with van der Waals surface area (Å²) in [7, 11) is 0. The van der Waals surface area contributed by atoms with Crippen molar-refractivity contribution in [3.63, 3.8) is 0 Å². The molecule has 1 saturated heterocycles. The number of hydrogen-bond acceptors (Lipinski definition) is 4. The van der Waals surface area contributed by atoms with Gasteiger partial charge in [-0.15, -0.1) is 0 Å². The summed E-state index contributed by atoms with van der Waals surface area (Å²) >= 11 is 0. The number of nitrogens with one attached hydrogen (secondary N) is 1. The highest BCUT2D eigenvalue weighted by Gasteiger charge is 2.28. The van der Waals surface area contributed by atoms with Crippen molar-refractivity contribution in [1.29, 1.82) is 0 Å². The van der Waals surface area contributed by atoms with Crippen molar-refractivity contribution >= 4 is 5.91 Å². The minimum absolute atomic E-state index is 0.101. The molecule has 1 heterocycles. The van der Waals surface area contributed by atoms with Gasteiger partial charge in [0.05, 0.1) is 6.04 Å². The quantitative estimate of drug-likeness (QED) is 0.901. The lowest BCUT2D eigenvalue weighted by atomic mass is 10.0. The molecule has 0 aliphatic carbocycles. The molecular formula is C18H19FN2O3. The highest BCUT2D eigenvalue weighted by atomic mass is 19.1. The van der Waals surface area contributed by atoms with Gasteiger partial charge in [0.15, 0.2) is 6.61 Å². The van der Waals surface area contributed by atoms with E-state index in [0.717, 1.165) is 5.56 Å². The fourth-order valence-corrected chi connectivity index (χ4v) is 2.78. The summed E-state index contributed by atoms with van der Waals surface area (Å²) in [6.07, 6.45) is 0. The molecule has 0 aromatic heterocycles. The van der Waals surface area contributed by atoms with E-state index in [9.17, 15) is 14.3 Å². The van der Waals surface area contributed by atoms with Crippen LogP contribution in [0.3, 0.4) is 0 Å². The van der Waals surface area contributed by atoms with Gasteiger partial charge in [-0.25, -0.2) is 4.39 Å². The van der Waals surface area contributed by atoms with E-state index in [2.05, 4.69) is 5.32 Å². The third-order valence-electron chi connectivity index (χ3n) is 4.00. The molecule has 1 amide bonds. The Morgan fingerprint density at radius 1 is 1.29 bits per heavy atom. The monoisotopic (exact) mass is 330 g/mol. The van der Waals surface area contributed by atoms with Gasteiger partial charge < -0.3 is 20.1 Å². The number of benzene rings is 2. The molecule has 1 unspecified atom stereocenters. The number of carbonyl (C=O) groups excluding carboxylic acids is 1. The number of ether oxygens (including phenoxy) is 1. The maximum absolute atomic E-state index is 13.5. The zero-order valence-corrected chi connectivity index (χ0v) is 13.1. The Kier molecular flexibility index (Phi) is 4.96. The number of hydrogen-bond donors (Lipinski definition) is 2. The topological polar surface area (TPSA) is 61.8 Å². The Bertz CT molecular complexity index is 706. The maximum Gasteiger partial charge on any atom is 0.261 e. The molecule has 0 radical (unpaired) electrons. The van der Waals surface area contributed by atoms with E-state index >= 15 is 0 Å². The molecule has 0 spiro atoms. The Balaban J connectivity index is 1.68. The average molecular weight is 330 g/mol. The molecular weight excluding hydrogens is 311 g/mol. The number of rotatable bonds is 4. The zero-order valence-electron chi connectivity index (χ0n) is 13.1. The van der Waals surface area contributed by atoms with Gasteiger partial charge in [0.25, 0.3) is 5.91 Å². The van der Waals surface area contributed by atoms with E-state index in [-0.39, 0.29) is 30.1 Å². The smallest absolute Gasteiger partial charge is 0.261 e. The highest BCUT2D eigenvalue weighted by molar-refractivity contribution is 5.78. The van der Waals surface area contributed by atoms with Crippen LogP contribution in [0.1, 0.15) is 11.6 Å². The minimum Gasteiger partial charge on any atom is -0.508 e. The normalized spacial score (nSPS) is 17.5. The van der Waals surface area contributed by atoms with Crippen LogP contribution in [0.2, 0.25) is 0 Å². The molecule has 0 bridgehead atoms. The van der Waals surface area contributed by atoms with Crippen LogP contribution >= 0.6 is 0 Å². The van der Waals surface area contributed by atoms with Crippen LogP contribution in [-0.2, 0) is 4.79 Å². The minimum atomic E-state index is -0.314. The first-order valence-electron chi connectivity index (χ1n) is 7.81. The number of nitrogens with zero attached hydrogens (tertiary/aromatic N) is 1. The number of aromatic hydroxyl groups is 1. The summed E-state index contributed by atoms with van der Waals surface area (Å²) < 4.78 is 19.0. The van der Waals surface area contributed by atoms with Crippen molar-refractivity contribution in [2.24, 2.45) is 0 Å². The Morgan fingerprint density at radius 2 is 2.08 bits per heavy atom. The Hall–Kier alpha value is -2.60. The molecule has 126 valence electrons. The van der Waals surface area contributed by atoms with E-state index in [4.69, 9.17) is 4.74 Å². The van der Waals surface area contributed by atoms with Crippen LogP contribution < -0.4 is 10.1 Å². The van der Waals surface area contributed by atoms with Gasteiger partial charge >= 0.3 is 0 Å². The molecule has 2 aromatic carbocycles. The average Bonchev–Trinajstić information content (AvgIpc) is 2.61. The molecule has 2 aromatic rings. The predicted molar refractivity (Wildman–Crippen MR) is 87.3 cm³/mol. The molecule has 1 atom stereocenters. The van der Waals surface area contributed by atoms with E-state index in [0.29, 0.717) is 25.4 Å². The maximum atomic E-state index is 13.5. The Labute approximate surface area is 139 Å². The van der Waals surface area contributed by atoms with E-state index in [1.54, 1.807) is 23.1 Å². The van der Waals surface area contributed by atoms with Crippen molar-refractivity contribution in [2.45, 2.75) is 6.04 Å². The number of halogens is 1. The fourth-order valence-electron chi connectivity index (χ4n) is 2.78. The van der Waals surface area contributed by atoms with Crippen LogP contribution in [0, 0.1) is 5.82 Å². The van der Waals surface area contributed by atoms with Gasteiger partial charge in [0, 0.05) is 19.6 Å². The van der Waals surface area contributed by atoms with Crippen molar-refractivity contribution in [1.82, 2.24) is 10.2 Å². The molecule has 5 nitrogen and oxygen atoms in total. The zero-order chi connectivity index (χ0) is 16.9. The molecule has 3 rings (SSSR count). The molecule has 24 heavy (non-hydrogen) atoms. The van der Waals surface area contributed by atoms with Crippen molar-refractivity contribution < 1.29 is 19.0 Å². The highest BCUT2D eigenvalue weighted by Crippen LogP contribution is 2.23. The van der Waals surface area contributed by atoms with Gasteiger partial charge in [0.1, 0.15) is 17.3 Å². The molecule has 1 fully saturated rings. The first kappa shape index (κ1) is 16.3. The van der Waals surface area contributed by atoms with Crippen molar-refractivity contribution in [3.8, 4) is 11.5 Å². The van der Waals surface area contributed by atoms with Crippen LogP contribution in [0.4, 0.5) is 4.39 Å². The van der Waals surface area contributed by atoms with Crippen molar-refractivity contribution in [2.75, 3.05) is 26.2 Å². The lowest BCUT2D eigenvalue weighted by molar-refractivity contribution is -0.136. The lowest BCUT2D eigenvalue weighted by Crippen LogP contribution is -2.50. The number of carbonyl (C=O) groups is 1. The predicted octanol–water partition coefficient (Wildman–Crippen LogP) is 2.08. The summed E-state index contributed by atoms with van der Waals surface area (Å²) in [5.41, 5.74) is 0.764.